The van der Waals surface area contributed by atoms with E-state index in [4.69, 9.17) is 14.2 Å². The van der Waals surface area contributed by atoms with Crippen LogP contribution >= 0.6 is 0 Å². The van der Waals surface area contributed by atoms with E-state index in [1.807, 2.05) is 6.08 Å². The van der Waals surface area contributed by atoms with Crippen LogP contribution in [-0.4, -0.2) is 37.2 Å². The molecule has 0 saturated carbocycles. The van der Waals surface area contributed by atoms with Crippen molar-refractivity contribution >= 4 is 17.9 Å². The second kappa shape index (κ2) is 63.8. The fourth-order valence-electron chi connectivity index (χ4n) is 8.22. The molecule has 0 amide bonds. The molecule has 0 spiro atoms. The summed E-state index contributed by atoms with van der Waals surface area (Å²) in [4.78, 5) is 38.2. The van der Waals surface area contributed by atoms with Crippen LogP contribution in [0.4, 0.5) is 0 Å². The largest absolute Gasteiger partial charge is 0.462 e. The zero-order valence-corrected chi connectivity index (χ0v) is 49.7. The Bertz CT molecular complexity index is 1700. The van der Waals surface area contributed by atoms with Crippen LogP contribution in [0.1, 0.15) is 265 Å². The molecule has 0 aromatic rings. The van der Waals surface area contributed by atoms with Crippen molar-refractivity contribution in [3.05, 3.63) is 146 Å². The fourth-order valence-corrected chi connectivity index (χ4v) is 8.22. The average Bonchev–Trinajstić information content (AvgIpc) is 3.43. The molecule has 1 unspecified atom stereocenters. The Labute approximate surface area is 474 Å². The van der Waals surface area contributed by atoms with Gasteiger partial charge in [-0.05, 0) is 122 Å². The van der Waals surface area contributed by atoms with E-state index >= 15 is 0 Å². The molecule has 0 aromatic carbocycles. The van der Waals surface area contributed by atoms with E-state index in [9.17, 15) is 14.4 Å². The number of carbonyl (C=O) groups excluding carboxylic acids is 3. The fraction of sp³-hybridized carbons (Fsp3) is 0.620. The third-order valence-corrected chi connectivity index (χ3v) is 12.8. The summed E-state index contributed by atoms with van der Waals surface area (Å²) in [6.45, 7) is 6.30. The summed E-state index contributed by atoms with van der Waals surface area (Å²) in [5.74, 6) is -1.07. The zero-order valence-electron chi connectivity index (χ0n) is 49.7. The van der Waals surface area contributed by atoms with E-state index in [1.54, 1.807) is 6.08 Å². The standard InChI is InChI=1S/C71H114O6/c1-4-7-10-13-16-19-22-25-28-30-32-34-35-37-38-40-43-46-49-52-55-58-61-64-70(73)76-67-68(66-75-69(72)63-60-57-54-51-48-45-42-27-24-21-18-15-12-9-6-3)77-71(74)65-62-59-56-53-50-47-44-41-39-36-33-31-29-26-23-20-17-14-11-8-5-2/h8-9,11-12,17-18,20-22,25-27,29-30,32-33,35-37,42,48,51,57,60,68H,4-7,10,13-16,19,23-24,28,31,34,38-41,43-47,49-50,52-56,58-59,61-67H2,1-3H3/b11-8-,12-9-,20-17-,21-18-,25-22-,29-26-,32-30-,36-33-,37-35-,42-27-,51-48-,60-57-. The summed E-state index contributed by atoms with van der Waals surface area (Å²) in [6, 6.07) is 0. The molecule has 0 radical (unpaired) electrons. The first kappa shape index (κ1) is 72.3. The zero-order chi connectivity index (χ0) is 55.7. The third kappa shape index (κ3) is 62.0. The van der Waals surface area contributed by atoms with Crippen molar-refractivity contribution in [2.75, 3.05) is 13.2 Å². The molecule has 0 aliphatic carbocycles. The molecule has 6 heteroatoms. The van der Waals surface area contributed by atoms with Crippen LogP contribution in [-0.2, 0) is 28.6 Å². The molecule has 434 valence electrons. The number of hydrogen-bond acceptors (Lipinski definition) is 6. The molecule has 0 fully saturated rings. The quantitative estimate of drug-likeness (QED) is 0.0261. The van der Waals surface area contributed by atoms with Gasteiger partial charge in [-0.3, -0.25) is 14.4 Å². The first-order valence-corrected chi connectivity index (χ1v) is 31.3. The predicted molar refractivity (Wildman–Crippen MR) is 334 cm³/mol. The maximum Gasteiger partial charge on any atom is 0.309 e. The van der Waals surface area contributed by atoms with Gasteiger partial charge in [0.25, 0.3) is 0 Å². The Morgan fingerprint density at radius 1 is 0.286 bits per heavy atom. The summed E-state index contributed by atoms with van der Waals surface area (Å²) in [6.07, 6.45) is 91.6. The summed E-state index contributed by atoms with van der Waals surface area (Å²) in [5.41, 5.74) is 0. The van der Waals surface area contributed by atoms with E-state index in [0.717, 1.165) is 122 Å². The first-order valence-electron chi connectivity index (χ1n) is 31.3. The van der Waals surface area contributed by atoms with Gasteiger partial charge in [0.15, 0.2) is 6.10 Å². The van der Waals surface area contributed by atoms with Crippen molar-refractivity contribution < 1.29 is 28.6 Å². The predicted octanol–water partition coefficient (Wildman–Crippen LogP) is 21.5. The van der Waals surface area contributed by atoms with Gasteiger partial charge in [0.1, 0.15) is 13.2 Å². The summed E-state index contributed by atoms with van der Waals surface area (Å²) in [7, 11) is 0. The van der Waals surface area contributed by atoms with E-state index in [2.05, 4.69) is 154 Å². The molecule has 0 rings (SSSR count). The number of carbonyl (C=O) groups is 3. The lowest BCUT2D eigenvalue weighted by atomic mass is 10.1. The van der Waals surface area contributed by atoms with Crippen molar-refractivity contribution in [3.63, 3.8) is 0 Å². The van der Waals surface area contributed by atoms with Gasteiger partial charge >= 0.3 is 17.9 Å². The lowest BCUT2D eigenvalue weighted by molar-refractivity contribution is -0.166. The van der Waals surface area contributed by atoms with Gasteiger partial charge in [0.05, 0.1) is 6.42 Å². The van der Waals surface area contributed by atoms with Crippen molar-refractivity contribution in [2.45, 2.75) is 271 Å². The van der Waals surface area contributed by atoms with Gasteiger partial charge in [-0.2, -0.15) is 0 Å². The van der Waals surface area contributed by atoms with Crippen molar-refractivity contribution in [1.82, 2.24) is 0 Å². The molecule has 0 bridgehead atoms. The summed E-state index contributed by atoms with van der Waals surface area (Å²) >= 11 is 0. The Morgan fingerprint density at radius 2 is 0.558 bits per heavy atom. The highest BCUT2D eigenvalue weighted by Crippen LogP contribution is 2.14. The van der Waals surface area contributed by atoms with Crippen LogP contribution in [0.3, 0.4) is 0 Å². The van der Waals surface area contributed by atoms with Crippen LogP contribution in [0.2, 0.25) is 0 Å². The van der Waals surface area contributed by atoms with Crippen LogP contribution < -0.4 is 0 Å². The second-order valence-electron chi connectivity index (χ2n) is 20.2. The highest BCUT2D eigenvalue weighted by molar-refractivity contribution is 5.72. The second-order valence-corrected chi connectivity index (χ2v) is 20.2. The van der Waals surface area contributed by atoms with E-state index in [0.29, 0.717) is 12.8 Å². The molecule has 6 nitrogen and oxygen atoms in total. The molecule has 0 aliphatic rings. The van der Waals surface area contributed by atoms with E-state index < -0.39 is 12.1 Å². The number of ether oxygens (including phenoxy) is 3. The minimum absolute atomic E-state index is 0.118. The maximum absolute atomic E-state index is 12.9. The van der Waals surface area contributed by atoms with Gasteiger partial charge in [-0.1, -0.05) is 269 Å². The number of allylic oxidation sites excluding steroid dienone is 23. The smallest absolute Gasteiger partial charge is 0.309 e. The molecular weight excluding hydrogens is 949 g/mol. The molecule has 1 atom stereocenters. The lowest BCUT2D eigenvalue weighted by Gasteiger charge is -2.18. The Balaban J connectivity index is 4.49. The molecule has 0 N–H and O–H groups in total. The number of unbranched alkanes of at least 4 members (excludes halogenated alkanes) is 21. The molecule has 0 aliphatic heterocycles. The summed E-state index contributed by atoms with van der Waals surface area (Å²) in [5, 5.41) is 0. The van der Waals surface area contributed by atoms with Crippen LogP contribution in [0, 0.1) is 0 Å². The average molecular weight is 1060 g/mol. The number of rotatable bonds is 55. The van der Waals surface area contributed by atoms with Crippen LogP contribution in [0.5, 0.6) is 0 Å². The van der Waals surface area contributed by atoms with Gasteiger partial charge < -0.3 is 14.2 Å². The maximum atomic E-state index is 12.9. The van der Waals surface area contributed by atoms with Gasteiger partial charge in [-0.25, -0.2) is 0 Å². The Hall–Kier alpha value is -4.71. The number of esters is 3. The van der Waals surface area contributed by atoms with Gasteiger partial charge in [0.2, 0.25) is 0 Å². The van der Waals surface area contributed by atoms with Crippen molar-refractivity contribution in [1.29, 1.82) is 0 Å². The minimum atomic E-state index is -0.834. The number of hydrogen-bond donors (Lipinski definition) is 0. The monoisotopic (exact) mass is 1060 g/mol. The van der Waals surface area contributed by atoms with Gasteiger partial charge in [0, 0.05) is 12.8 Å². The summed E-state index contributed by atoms with van der Waals surface area (Å²) < 4.78 is 16.8. The van der Waals surface area contributed by atoms with Crippen LogP contribution in [0.15, 0.2) is 146 Å². The molecule has 0 saturated heterocycles. The Kier molecular flexibility index (Phi) is 59.9. The molecule has 77 heavy (non-hydrogen) atoms. The highest BCUT2D eigenvalue weighted by Gasteiger charge is 2.19. The highest BCUT2D eigenvalue weighted by atomic mass is 16.6. The normalized spacial score (nSPS) is 13.1. The third-order valence-electron chi connectivity index (χ3n) is 12.8. The molecule has 0 aromatic heterocycles. The van der Waals surface area contributed by atoms with Crippen molar-refractivity contribution in [2.24, 2.45) is 0 Å². The van der Waals surface area contributed by atoms with Crippen molar-refractivity contribution in [3.8, 4) is 0 Å². The van der Waals surface area contributed by atoms with E-state index in [1.165, 1.54) is 103 Å². The first-order chi connectivity index (χ1) is 38.0. The lowest BCUT2D eigenvalue weighted by Crippen LogP contribution is -2.30. The SMILES string of the molecule is CC/C=C\C/C=C\C/C=C\C/C=C\C/C=C\CC(=O)OCC(COC(=O)CCCCCCCCCC/C=C\C/C=C\C/C=C\CCCCCCC)OC(=O)CCCCCCCCCC/C=C\C/C=C\C/C=C\C/C=C\CC. The van der Waals surface area contributed by atoms with Gasteiger partial charge in [-0.15, -0.1) is 0 Å². The molecule has 0 heterocycles. The van der Waals surface area contributed by atoms with Crippen LogP contribution in [0.25, 0.3) is 0 Å². The van der Waals surface area contributed by atoms with E-state index in [-0.39, 0.29) is 31.6 Å². The Morgan fingerprint density at radius 3 is 0.909 bits per heavy atom. The topological polar surface area (TPSA) is 78.9 Å². The molecular formula is C71H114O6. The minimum Gasteiger partial charge on any atom is -0.462 e.